The number of hydrogen-bond acceptors (Lipinski definition) is 1. The van der Waals surface area contributed by atoms with Crippen molar-refractivity contribution in [3.05, 3.63) is 126 Å². The molecular weight excluding hydrogens is 393 g/mol. The molecule has 1 nitrogen and oxygen atoms in total. The van der Waals surface area contributed by atoms with Crippen LogP contribution in [0.5, 0.6) is 0 Å². The van der Waals surface area contributed by atoms with Crippen LogP contribution in [0.4, 0.5) is 0 Å². The molecule has 0 heterocycles. The maximum atomic E-state index is 9.73. The molecule has 0 N–H and O–H groups in total. The van der Waals surface area contributed by atoms with Gasteiger partial charge in [0.15, 0.2) is 0 Å². The van der Waals surface area contributed by atoms with E-state index in [0.717, 1.165) is 21.5 Å². The van der Waals surface area contributed by atoms with Gasteiger partial charge in [0.1, 0.15) is 0 Å². The Morgan fingerprint density at radius 2 is 0.966 bits per heavy atom. The van der Waals surface area contributed by atoms with Crippen molar-refractivity contribution < 1.29 is 0 Å². The van der Waals surface area contributed by atoms with Crippen molar-refractivity contribution in [2.24, 2.45) is 0 Å². The molecule has 0 aliphatic heterocycles. The molecule has 0 atom stereocenters. The summed E-state index contributed by atoms with van der Waals surface area (Å²) in [6.45, 7) is 0. The summed E-state index contributed by atoms with van der Waals surface area (Å²) in [6.07, 6.45) is 0.578. The van der Waals surface area contributed by atoms with Gasteiger partial charge in [-0.3, -0.25) is 0 Å². The summed E-state index contributed by atoms with van der Waals surface area (Å²) < 4.78 is 0. The molecule has 4 rings (SSSR count). The minimum absolute atomic E-state index is 0.578. The normalized spacial score (nSPS) is 12.5. The van der Waals surface area contributed by atoms with E-state index in [4.69, 9.17) is 11.2 Å². The molecule has 0 fully saturated rings. The Kier molecular flexibility index (Phi) is 5.25. The zero-order chi connectivity index (χ0) is 20.2. The van der Waals surface area contributed by atoms with Crippen LogP contribution in [0, 0.1) is 11.3 Å². The molecule has 0 spiro atoms. The molecule has 0 amide bonds. The van der Waals surface area contributed by atoms with Gasteiger partial charge in [-0.1, -0.05) is 0 Å². The summed E-state index contributed by atoms with van der Waals surface area (Å²) in [4.78, 5) is 0. The van der Waals surface area contributed by atoms with Crippen LogP contribution in [-0.2, 0) is 6.16 Å². The van der Waals surface area contributed by atoms with Crippen LogP contribution in [-0.4, -0.2) is 0 Å². The zero-order valence-corrected chi connectivity index (χ0v) is 17.6. The van der Waals surface area contributed by atoms with E-state index in [2.05, 4.69) is 42.5 Å². The Bertz CT molecular complexity index is 1050. The number of nitriles is 1. The average Bonchev–Trinajstić information content (AvgIpc) is 2.81. The van der Waals surface area contributed by atoms with Crippen molar-refractivity contribution in [2.45, 2.75) is 6.16 Å². The number of halogens is 1. The fourth-order valence-electron chi connectivity index (χ4n) is 4.02. The van der Waals surface area contributed by atoms with E-state index in [-0.39, 0.29) is 0 Å². The molecule has 0 saturated heterocycles. The van der Waals surface area contributed by atoms with Gasteiger partial charge in [0.05, 0.1) is 0 Å². The summed E-state index contributed by atoms with van der Waals surface area (Å²) in [7, 11) is 0. The van der Waals surface area contributed by atoms with Crippen LogP contribution >= 0.6 is 17.2 Å². The standard InChI is InChI=1S/C26H21ClNP/c27-29(24-14-4-1-5-15-24,25-16-6-2-7-17-25,26-18-8-3-9-19-26)21-23-13-11-10-12-22(23)20-28/h1-19H,21H2. The van der Waals surface area contributed by atoms with Gasteiger partial charge in [-0.05, 0) is 0 Å². The van der Waals surface area contributed by atoms with Crippen molar-refractivity contribution >= 4 is 33.1 Å². The number of hydrogen-bond donors (Lipinski definition) is 0. The van der Waals surface area contributed by atoms with E-state index in [9.17, 15) is 5.26 Å². The Balaban J connectivity index is 2.12. The van der Waals surface area contributed by atoms with Gasteiger partial charge in [-0.2, -0.15) is 0 Å². The van der Waals surface area contributed by atoms with E-state index in [0.29, 0.717) is 11.7 Å². The average molecular weight is 414 g/mol. The summed E-state index contributed by atoms with van der Waals surface area (Å²) in [5, 5.41) is 13.0. The third kappa shape index (κ3) is 3.26. The van der Waals surface area contributed by atoms with E-state index in [1.54, 1.807) is 0 Å². The number of nitrogens with zero attached hydrogens (tertiary/aromatic N) is 1. The van der Waals surface area contributed by atoms with Crippen LogP contribution in [0.2, 0.25) is 0 Å². The number of benzene rings is 4. The molecule has 4 aromatic carbocycles. The van der Waals surface area contributed by atoms with Gasteiger partial charge in [0, 0.05) is 0 Å². The molecule has 0 aliphatic carbocycles. The van der Waals surface area contributed by atoms with Crippen molar-refractivity contribution in [3.8, 4) is 6.07 Å². The molecule has 0 unspecified atom stereocenters. The Morgan fingerprint density at radius 3 is 1.38 bits per heavy atom. The zero-order valence-electron chi connectivity index (χ0n) is 15.9. The minimum atomic E-state index is -3.41. The van der Waals surface area contributed by atoms with Crippen molar-refractivity contribution in [1.29, 1.82) is 5.26 Å². The monoisotopic (exact) mass is 413 g/mol. The van der Waals surface area contributed by atoms with Crippen molar-refractivity contribution in [1.82, 2.24) is 0 Å². The molecule has 0 aromatic heterocycles. The van der Waals surface area contributed by atoms with E-state index in [1.165, 1.54) is 0 Å². The van der Waals surface area contributed by atoms with E-state index >= 15 is 0 Å². The van der Waals surface area contributed by atoms with Crippen LogP contribution < -0.4 is 15.9 Å². The van der Waals surface area contributed by atoms with E-state index in [1.807, 2.05) is 78.9 Å². The summed E-state index contributed by atoms with van der Waals surface area (Å²) in [5.41, 5.74) is 1.64. The summed E-state index contributed by atoms with van der Waals surface area (Å²) in [5.74, 6) is -3.41. The van der Waals surface area contributed by atoms with E-state index < -0.39 is 5.96 Å². The fourth-order valence-corrected chi connectivity index (χ4v) is 10.2. The Morgan fingerprint density at radius 1 is 0.586 bits per heavy atom. The first-order valence-corrected chi connectivity index (χ1v) is 12.9. The van der Waals surface area contributed by atoms with Crippen molar-refractivity contribution in [2.75, 3.05) is 0 Å². The quantitative estimate of drug-likeness (QED) is 0.382. The van der Waals surface area contributed by atoms with Gasteiger partial charge in [-0.15, -0.1) is 0 Å². The topological polar surface area (TPSA) is 23.8 Å². The summed E-state index contributed by atoms with van der Waals surface area (Å²) in [6, 6.07) is 41.2. The number of rotatable bonds is 5. The Hall–Kier alpha value is -2.91. The predicted molar refractivity (Wildman–Crippen MR) is 126 cm³/mol. The molecule has 0 radical (unpaired) electrons. The summed E-state index contributed by atoms with van der Waals surface area (Å²) >= 11 is 8.06. The molecule has 0 aliphatic rings. The van der Waals surface area contributed by atoms with Crippen molar-refractivity contribution in [3.63, 3.8) is 0 Å². The predicted octanol–water partition coefficient (Wildman–Crippen LogP) is 5.74. The second-order valence-electron chi connectivity index (χ2n) is 7.12. The van der Waals surface area contributed by atoms with Crippen LogP contribution in [0.25, 0.3) is 0 Å². The molecule has 4 aromatic rings. The maximum absolute atomic E-state index is 9.73. The fraction of sp³-hybridized carbons (Fsp3) is 0.0385. The molecule has 0 bridgehead atoms. The second kappa shape index (κ2) is 7.84. The first-order chi connectivity index (χ1) is 14.2. The third-order valence-electron chi connectivity index (χ3n) is 5.49. The van der Waals surface area contributed by atoms with Crippen LogP contribution in [0.1, 0.15) is 11.1 Å². The molecule has 29 heavy (non-hydrogen) atoms. The van der Waals surface area contributed by atoms with Crippen LogP contribution in [0.3, 0.4) is 0 Å². The van der Waals surface area contributed by atoms with Gasteiger partial charge < -0.3 is 0 Å². The van der Waals surface area contributed by atoms with Crippen LogP contribution in [0.15, 0.2) is 115 Å². The Labute approximate surface area is 176 Å². The molecule has 142 valence electrons. The SMILES string of the molecule is N#Cc1ccccc1CP(Cl)(c1ccccc1)(c1ccccc1)c1ccccc1. The molecule has 3 heteroatoms. The first kappa shape index (κ1) is 19.4. The van der Waals surface area contributed by atoms with Gasteiger partial charge in [0.2, 0.25) is 0 Å². The van der Waals surface area contributed by atoms with Gasteiger partial charge >= 0.3 is 177 Å². The second-order valence-corrected chi connectivity index (χ2v) is 13.6. The van der Waals surface area contributed by atoms with Gasteiger partial charge in [-0.25, -0.2) is 0 Å². The first-order valence-electron chi connectivity index (χ1n) is 9.54. The third-order valence-corrected chi connectivity index (χ3v) is 12.7. The molecular formula is C26H21ClNP. The molecule has 0 saturated carbocycles. The van der Waals surface area contributed by atoms with Gasteiger partial charge in [0.25, 0.3) is 0 Å².